The van der Waals surface area contributed by atoms with Crippen LogP contribution in [0.4, 0.5) is 5.69 Å². The van der Waals surface area contributed by atoms with Crippen LogP contribution >= 0.6 is 27.3 Å². The first-order valence-electron chi connectivity index (χ1n) is 5.70. The zero-order chi connectivity index (χ0) is 12.3. The number of halogens is 1. The van der Waals surface area contributed by atoms with E-state index in [4.69, 9.17) is 0 Å². The summed E-state index contributed by atoms with van der Waals surface area (Å²) in [4.78, 5) is 1.43. The average molecular weight is 310 g/mol. The van der Waals surface area contributed by atoms with Crippen LogP contribution in [0.15, 0.2) is 34.1 Å². The van der Waals surface area contributed by atoms with Crippen molar-refractivity contribution in [2.24, 2.45) is 0 Å². The van der Waals surface area contributed by atoms with Gasteiger partial charge in [0.1, 0.15) is 0 Å². The Morgan fingerprint density at radius 3 is 2.53 bits per heavy atom. The molecule has 0 saturated carbocycles. The Labute approximate surface area is 115 Å². The molecule has 0 bridgehead atoms. The number of nitrogens with one attached hydrogen (secondary N) is 1. The van der Waals surface area contributed by atoms with Gasteiger partial charge >= 0.3 is 0 Å². The van der Waals surface area contributed by atoms with Crippen LogP contribution in [-0.4, -0.2) is 6.54 Å². The summed E-state index contributed by atoms with van der Waals surface area (Å²) in [5.41, 5.74) is 3.77. The number of hydrogen-bond donors (Lipinski definition) is 1. The van der Waals surface area contributed by atoms with Crippen LogP contribution in [0.25, 0.3) is 0 Å². The smallest absolute Gasteiger partial charge is 0.0346 e. The third-order valence-electron chi connectivity index (χ3n) is 2.72. The molecule has 0 amide bonds. The predicted octanol–water partition coefficient (Wildman–Crippen LogP) is 4.78. The van der Waals surface area contributed by atoms with E-state index in [9.17, 15) is 0 Å². The Balaban J connectivity index is 1.95. The largest absolute Gasteiger partial charge is 0.385 e. The van der Waals surface area contributed by atoms with E-state index in [0.717, 1.165) is 13.0 Å². The standard InChI is InChI=1S/C14H16BrNS/c1-10-8-12(9-11(2)14(10)15)16-6-5-13-4-3-7-17-13/h3-4,7-9,16H,5-6H2,1-2H3. The minimum absolute atomic E-state index is 0.987. The van der Waals surface area contributed by atoms with Gasteiger partial charge < -0.3 is 5.32 Å². The van der Waals surface area contributed by atoms with Crippen molar-refractivity contribution in [1.29, 1.82) is 0 Å². The molecule has 2 aromatic rings. The SMILES string of the molecule is Cc1cc(NCCc2cccs2)cc(C)c1Br. The lowest BCUT2D eigenvalue weighted by Gasteiger charge is -2.10. The van der Waals surface area contributed by atoms with E-state index in [0.29, 0.717) is 0 Å². The first-order valence-corrected chi connectivity index (χ1v) is 7.37. The highest BCUT2D eigenvalue weighted by atomic mass is 79.9. The van der Waals surface area contributed by atoms with Crippen molar-refractivity contribution in [3.05, 3.63) is 50.1 Å². The van der Waals surface area contributed by atoms with Crippen LogP contribution in [0.2, 0.25) is 0 Å². The van der Waals surface area contributed by atoms with Crippen molar-refractivity contribution in [2.45, 2.75) is 20.3 Å². The fourth-order valence-corrected chi connectivity index (χ4v) is 2.77. The molecule has 0 atom stereocenters. The minimum Gasteiger partial charge on any atom is -0.385 e. The Kier molecular flexibility index (Phi) is 4.24. The number of aryl methyl sites for hydroxylation is 2. The van der Waals surface area contributed by atoms with Gasteiger partial charge in [-0.05, 0) is 55.0 Å². The molecule has 2 rings (SSSR count). The van der Waals surface area contributed by atoms with Crippen LogP contribution in [0.5, 0.6) is 0 Å². The highest BCUT2D eigenvalue weighted by Gasteiger charge is 2.02. The van der Waals surface area contributed by atoms with Gasteiger partial charge in [-0.3, -0.25) is 0 Å². The third-order valence-corrected chi connectivity index (χ3v) is 4.90. The highest BCUT2D eigenvalue weighted by molar-refractivity contribution is 9.10. The predicted molar refractivity (Wildman–Crippen MR) is 80.1 cm³/mol. The second-order valence-corrected chi connectivity index (χ2v) is 6.01. The van der Waals surface area contributed by atoms with E-state index in [1.54, 1.807) is 0 Å². The molecule has 90 valence electrons. The van der Waals surface area contributed by atoms with Crippen molar-refractivity contribution in [3.63, 3.8) is 0 Å². The lowest BCUT2D eigenvalue weighted by molar-refractivity contribution is 1.04. The van der Waals surface area contributed by atoms with Crippen molar-refractivity contribution >= 4 is 33.0 Å². The van der Waals surface area contributed by atoms with Crippen LogP contribution in [-0.2, 0) is 6.42 Å². The molecule has 3 heteroatoms. The van der Waals surface area contributed by atoms with Gasteiger partial charge in [-0.15, -0.1) is 11.3 Å². The molecule has 0 saturated heterocycles. The van der Waals surface area contributed by atoms with E-state index >= 15 is 0 Å². The maximum Gasteiger partial charge on any atom is 0.0346 e. The average Bonchev–Trinajstić information content (AvgIpc) is 2.79. The molecule has 0 radical (unpaired) electrons. The van der Waals surface area contributed by atoms with Crippen LogP contribution in [0.3, 0.4) is 0 Å². The molecule has 0 fully saturated rings. The fourth-order valence-electron chi connectivity index (χ4n) is 1.83. The topological polar surface area (TPSA) is 12.0 Å². The number of hydrogen-bond acceptors (Lipinski definition) is 2. The molecule has 1 nitrogen and oxygen atoms in total. The Morgan fingerprint density at radius 2 is 1.94 bits per heavy atom. The van der Waals surface area contributed by atoms with E-state index in [1.165, 1.54) is 26.2 Å². The van der Waals surface area contributed by atoms with Crippen LogP contribution < -0.4 is 5.32 Å². The van der Waals surface area contributed by atoms with Gasteiger partial charge in [-0.25, -0.2) is 0 Å². The van der Waals surface area contributed by atoms with Gasteiger partial charge in [-0.2, -0.15) is 0 Å². The third kappa shape index (κ3) is 3.33. The molecule has 0 unspecified atom stereocenters. The summed E-state index contributed by atoms with van der Waals surface area (Å²) in [6.07, 6.45) is 1.09. The summed E-state index contributed by atoms with van der Waals surface area (Å²) < 4.78 is 1.21. The molecule has 17 heavy (non-hydrogen) atoms. The molecule has 0 aliphatic heterocycles. The fraction of sp³-hybridized carbons (Fsp3) is 0.286. The maximum atomic E-state index is 3.59. The summed E-state index contributed by atoms with van der Waals surface area (Å²) in [6, 6.07) is 8.66. The van der Waals surface area contributed by atoms with Gasteiger partial charge in [0.25, 0.3) is 0 Å². The second kappa shape index (κ2) is 5.69. The van der Waals surface area contributed by atoms with Crippen molar-refractivity contribution in [3.8, 4) is 0 Å². The van der Waals surface area contributed by atoms with Crippen LogP contribution in [0.1, 0.15) is 16.0 Å². The molecule has 1 aromatic heterocycles. The maximum absolute atomic E-state index is 3.59. The molecule has 0 spiro atoms. The quantitative estimate of drug-likeness (QED) is 0.857. The molecular weight excluding hydrogens is 294 g/mol. The van der Waals surface area contributed by atoms with Gasteiger partial charge in [-0.1, -0.05) is 22.0 Å². The number of anilines is 1. The Morgan fingerprint density at radius 1 is 1.24 bits per heavy atom. The second-order valence-electron chi connectivity index (χ2n) is 4.18. The highest BCUT2D eigenvalue weighted by Crippen LogP contribution is 2.25. The molecule has 0 aliphatic rings. The number of benzene rings is 1. The summed E-state index contributed by atoms with van der Waals surface area (Å²) in [6.45, 7) is 5.24. The van der Waals surface area contributed by atoms with Gasteiger partial charge in [0.2, 0.25) is 0 Å². The minimum atomic E-state index is 0.987. The van der Waals surface area contributed by atoms with E-state index in [-0.39, 0.29) is 0 Å². The van der Waals surface area contributed by atoms with Gasteiger partial charge in [0.15, 0.2) is 0 Å². The first-order chi connectivity index (χ1) is 8.16. The Hall–Kier alpha value is -0.800. The zero-order valence-electron chi connectivity index (χ0n) is 10.1. The van der Waals surface area contributed by atoms with Crippen molar-refractivity contribution in [2.75, 3.05) is 11.9 Å². The summed E-state index contributed by atoms with van der Waals surface area (Å²) in [7, 11) is 0. The van der Waals surface area contributed by atoms with Gasteiger partial charge in [0, 0.05) is 21.6 Å². The molecule has 1 aromatic carbocycles. The monoisotopic (exact) mass is 309 g/mol. The van der Waals surface area contributed by atoms with Gasteiger partial charge in [0.05, 0.1) is 0 Å². The van der Waals surface area contributed by atoms with Crippen molar-refractivity contribution < 1.29 is 0 Å². The number of rotatable bonds is 4. The summed E-state index contributed by atoms with van der Waals surface area (Å²) >= 11 is 5.41. The summed E-state index contributed by atoms with van der Waals surface area (Å²) in [5, 5.41) is 5.61. The first kappa shape index (κ1) is 12.7. The summed E-state index contributed by atoms with van der Waals surface area (Å²) in [5.74, 6) is 0. The molecular formula is C14H16BrNS. The van der Waals surface area contributed by atoms with Crippen molar-refractivity contribution in [1.82, 2.24) is 0 Å². The Bertz CT molecular complexity index is 468. The normalized spacial score (nSPS) is 10.5. The molecule has 0 aliphatic carbocycles. The lowest BCUT2D eigenvalue weighted by Crippen LogP contribution is -2.04. The van der Waals surface area contributed by atoms with Crippen LogP contribution in [0, 0.1) is 13.8 Å². The number of thiophene rings is 1. The van der Waals surface area contributed by atoms with E-state index < -0.39 is 0 Å². The van der Waals surface area contributed by atoms with E-state index in [1.807, 2.05) is 11.3 Å². The molecule has 1 heterocycles. The lowest BCUT2D eigenvalue weighted by atomic mass is 10.1. The molecule has 1 N–H and O–H groups in total. The van der Waals surface area contributed by atoms with E-state index in [2.05, 4.69) is 64.7 Å². The zero-order valence-corrected chi connectivity index (χ0v) is 12.5.